The number of aromatic nitrogens is 5. The van der Waals surface area contributed by atoms with E-state index < -0.39 is 0 Å². The third-order valence-corrected chi connectivity index (χ3v) is 5.06. The second-order valence-corrected chi connectivity index (χ2v) is 6.63. The van der Waals surface area contributed by atoms with Gasteiger partial charge in [-0.05, 0) is 40.8 Å². The largest absolute Gasteiger partial charge is 0.236 e. The summed E-state index contributed by atoms with van der Waals surface area (Å²) in [5, 5.41) is 14.7. The molecule has 0 fully saturated rings. The first-order valence-corrected chi connectivity index (χ1v) is 8.15. The highest BCUT2D eigenvalue weighted by Gasteiger charge is 2.15. The molecule has 0 spiro atoms. The molecule has 3 heterocycles. The summed E-state index contributed by atoms with van der Waals surface area (Å²) in [5.74, 6) is 0. The maximum atomic E-state index is 6.10. The summed E-state index contributed by atoms with van der Waals surface area (Å²) in [5.41, 5.74) is 3.46. The first-order valence-electron chi connectivity index (χ1n) is 6.96. The Morgan fingerprint density at radius 3 is 2.87 bits per heavy atom. The topological polar surface area (TPSA) is 56.0 Å². The number of tetrazole rings is 1. The lowest BCUT2D eigenvalue weighted by atomic mass is 10.1. The highest BCUT2D eigenvalue weighted by molar-refractivity contribution is 7.21. The van der Waals surface area contributed by atoms with Gasteiger partial charge in [-0.3, -0.25) is 0 Å². The van der Waals surface area contributed by atoms with Crippen LogP contribution in [0.15, 0.2) is 48.5 Å². The molecule has 0 unspecified atom stereocenters. The molecule has 5 nitrogen and oxygen atoms in total. The van der Waals surface area contributed by atoms with Crippen molar-refractivity contribution in [2.45, 2.75) is 0 Å². The number of para-hydroxylation sites is 1. The van der Waals surface area contributed by atoms with Crippen molar-refractivity contribution in [2.75, 3.05) is 0 Å². The summed E-state index contributed by atoms with van der Waals surface area (Å²) in [7, 11) is 0. The van der Waals surface area contributed by atoms with Crippen LogP contribution >= 0.6 is 22.9 Å². The van der Waals surface area contributed by atoms with E-state index in [9.17, 15) is 0 Å². The molecule has 3 aromatic heterocycles. The number of hydrogen-bond donors (Lipinski definition) is 0. The average Bonchev–Trinajstić information content (AvgIpc) is 3.21. The van der Waals surface area contributed by atoms with E-state index >= 15 is 0 Å². The molecule has 23 heavy (non-hydrogen) atoms. The van der Waals surface area contributed by atoms with Crippen molar-refractivity contribution in [3.8, 4) is 10.6 Å². The predicted octanol–water partition coefficient (Wildman–Crippen LogP) is 4.21. The Hall–Kier alpha value is -2.57. The molecule has 7 heteroatoms. The lowest BCUT2D eigenvalue weighted by Gasteiger charge is -2.04. The van der Waals surface area contributed by atoms with Gasteiger partial charge in [0, 0.05) is 10.4 Å². The zero-order chi connectivity index (χ0) is 15.4. The van der Waals surface area contributed by atoms with E-state index in [0.29, 0.717) is 10.7 Å². The Kier molecular flexibility index (Phi) is 2.65. The molecule has 2 aromatic carbocycles. The van der Waals surface area contributed by atoms with E-state index in [4.69, 9.17) is 16.6 Å². The van der Waals surface area contributed by atoms with Crippen LogP contribution in [0.1, 0.15) is 0 Å². The van der Waals surface area contributed by atoms with Crippen molar-refractivity contribution in [2.24, 2.45) is 0 Å². The van der Waals surface area contributed by atoms with Crippen LogP contribution in [0.5, 0.6) is 0 Å². The van der Waals surface area contributed by atoms with Gasteiger partial charge in [-0.1, -0.05) is 29.8 Å². The summed E-state index contributed by atoms with van der Waals surface area (Å²) < 4.78 is 2.85. The first kappa shape index (κ1) is 12.9. The van der Waals surface area contributed by atoms with Gasteiger partial charge in [-0.25, -0.2) is 4.98 Å². The minimum atomic E-state index is 0.655. The number of rotatable bonds is 1. The Balaban J connectivity index is 1.89. The minimum Gasteiger partial charge on any atom is -0.236 e. The Bertz CT molecular complexity index is 1160. The number of thiazole rings is 1. The van der Waals surface area contributed by atoms with Gasteiger partial charge in [-0.2, -0.15) is 4.52 Å². The highest BCUT2D eigenvalue weighted by atomic mass is 35.5. The van der Waals surface area contributed by atoms with E-state index in [0.717, 1.165) is 31.7 Å². The third kappa shape index (κ3) is 1.92. The number of fused-ring (bicyclic) bond motifs is 4. The number of halogens is 1. The van der Waals surface area contributed by atoms with Crippen LogP contribution in [0.4, 0.5) is 0 Å². The smallest absolute Gasteiger partial charge is 0.190 e. The minimum absolute atomic E-state index is 0.655. The van der Waals surface area contributed by atoms with E-state index in [1.54, 1.807) is 15.9 Å². The molecule has 5 rings (SSSR count). The molecule has 0 aliphatic carbocycles. The Morgan fingerprint density at radius 1 is 1.04 bits per heavy atom. The molecule has 0 amide bonds. The lowest BCUT2D eigenvalue weighted by molar-refractivity contribution is 0.842. The predicted molar refractivity (Wildman–Crippen MR) is 91.9 cm³/mol. The number of nitrogens with zero attached hydrogens (tertiary/aromatic N) is 5. The standard InChI is InChI=1S/C16H8ClN5S/c17-10-6-5-9-7-11(15-19-20-21-22(15)13(9)8-10)16-18-12-3-1-2-4-14(12)23-16/h1-8H. The zero-order valence-corrected chi connectivity index (χ0v) is 13.2. The molecule has 0 N–H and O–H groups in total. The monoisotopic (exact) mass is 337 g/mol. The van der Waals surface area contributed by atoms with Crippen LogP contribution in [0, 0.1) is 0 Å². The molecular formula is C16H8ClN5S. The average molecular weight is 338 g/mol. The maximum Gasteiger partial charge on any atom is 0.190 e. The van der Waals surface area contributed by atoms with Crippen LogP contribution < -0.4 is 0 Å². The maximum absolute atomic E-state index is 6.10. The summed E-state index contributed by atoms with van der Waals surface area (Å²) in [4.78, 5) is 4.72. The molecule has 0 bridgehead atoms. The second-order valence-electron chi connectivity index (χ2n) is 5.16. The Labute approximate surface area is 139 Å². The van der Waals surface area contributed by atoms with Crippen LogP contribution in [-0.2, 0) is 0 Å². The number of benzene rings is 2. The van der Waals surface area contributed by atoms with Crippen LogP contribution in [0.3, 0.4) is 0 Å². The quantitative estimate of drug-likeness (QED) is 0.460. The van der Waals surface area contributed by atoms with Crippen molar-refractivity contribution in [1.29, 1.82) is 0 Å². The highest BCUT2D eigenvalue weighted by Crippen LogP contribution is 2.34. The van der Waals surface area contributed by atoms with E-state index in [1.807, 2.05) is 36.4 Å². The fourth-order valence-electron chi connectivity index (χ4n) is 2.70. The molecule has 5 aromatic rings. The zero-order valence-electron chi connectivity index (χ0n) is 11.6. The van der Waals surface area contributed by atoms with Gasteiger partial charge in [0.25, 0.3) is 0 Å². The van der Waals surface area contributed by atoms with Crippen LogP contribution in [-0.4, -0.2) is 25.0 Å². The number of hydrogen-bond acceptors (Lipinski definition) is 5. The lowest BCUT2D eigenvalue weighted by Crippen LogP contribution is -1.93. The molecule has 0 atom stereocenters. The summed E-state index contributed by atoms with van der Waals surface area (Å²) in [6.45, 7) is 0. The van der Waals surface area contributed by atoms with E-state index in [2.05, 4.69) is 27.7 Å². The van der Waals surface area contributed by atoms with Gasteiger partial charge in [-0.15, -0.1) is 16.4 Å². The molecule has 0 saturated heterocycles. The van der Waals surface area contributed by atoms with Gasteiger partial charge in [0.15, 0.2) is 5.65 Å². The van der Waals surface area contributed by atoms with E-state index in [1.165, 1.54) is 0 Å². The van der Waals surface area contributed by atoms with Crippen LogP contribution in [0.25, 0.3) is 37.3 Å². The molecule has 0 aliphatic rings. The summed E-state index contributed by atoms with van der Waals surface area (Å²) in [6.07, 6.45) is 0. The van der Waals surface area contributed by atoms with Gasteiger partial charge in [0.05, 0.1) is 21.3 Å². The molecular weight excluding hydrogens is 330 g/mol. The summed E-state index contributed by atoms with van der Waals surface area (Å²) in [6, 6.07) is 15.8. The molecule has 0 aliphatic heterocycles. The van der Waals surface area contributed by atoms with Crippen molar-refractivity contribution in [3.63, 3.8) is 0 Å². The fraction of sp³-hybridized carbons (Fsp3) is 0. The second kappa shape index (κ2) is 4.71. The molecule has 0 radical (unpaired) electrons. The van der Waals surface area contributed by atoms with Crippen LogP contribution in [0.2, 0.25) is 5.02 Å². The van der Waals surface area contributed by atoms with E-state index in [-0.39, 0.29) is 0 Å². The van der Waals surface area contributed by atoms with Gasteiger partial charge >= 0.3 is 0 Å². The molecule has 0 saturated carbocycles. The van der Waals surface area contributed by atoms with Gasteiger partial charge in [0.1, 0.15) is 5.01 Å². The summed E-state index contributed by atoms with van der Waals surface area (Å²) >= 11 is 7.74. The number of pyridine rings is 1. The normalized spacial score (nSPS) is 11.7. The van der Waals surface area contributed by atoms with Crippen molar-refractivity contribution < 1.29 is 0 Å². The first-order chi connectivity index (χ1) is 11.3. The Morgan fingerprint density at radius 2 is 1.96 bits per heavy atom. The van der Waals surface area contributed by atoms with Crippen molar-refractivity contribution in [3.05, 3.63) is 53.6 Å². The fourth-order valence-corrected chi connectivity index (χ4v) is 3.85. The van der Waals surface area contributed by atoms with Gasteiger partial charge < -0.3 is 0 Å². The SMILES string of the molecule is Clc1ccc2cc(-c3nc4ccccc4s3)c3nnnn3c2c1. The van der Waals surface area contributed by atoms with Crippen molar-refractivity contribution in [1.82, 2.24) is 25.0 Å². The van der Waals surface area contributed by atoms with Gasteiger partial charge in [0.2, 0.25) is 0 Å². The third-order valence-electron chi connectivity index (χ3n) is 3.76. The molecule has 110 valence electrons. The van der Waals surface area contributed by atoms with Crippen molar-refractivity contribution >= 4 is 49.7 Å².